The molecule has 0 bridgehead atoms. The van der Waals surface area contributed by atoms with Crippen LogP contribution < -0.4 is 4.74 Å². The Morgan fingerprint density at radius 3 is 2.21 bits per heavy atom. The van der Waals surface area contributed by atoms with Gasteiger partial charge in [0.2, 0.25) is 0 Å². The van der Waals surface area contributed by atoms with E-state index in [1.165, 1.54) is 39.2 Å². The van der Waals surface area contributed by atoms with Gasteiger partial charge in [-0.05, 0) is 85.1 Å². The highest BCUT2D eigenvalue weighted by Crippen LogP contribution is 2.48. The molecular formula is C25H29F3O. The van der Waals surface area contributed by atoms with Crippen molar-refractivity contribution in [1.82, 2.24) is 0 Å². The molecule has 4 unspecified atom stereocenters. The van der Waals surface area contributed by atoms with Gasteiger partial charge >= 0.3 is 0 Å². The van der Waals surface area contributed by atoms with Gasteiger partial charge in [0.05, 0.1) is 7.11 Å². The Labute approximate surface area is 171 Å². The second-order valence-electron chi connectivity index (χ2n) is 8.83. The van der Waals surface area contributed by atoms with E-state index in [0.717, 1.165) is 48.3 Å². The van der Waals surface area contributed by atoms with Crippen molar-refractivity contribution in [2.24, 2.45) is 17.8 Å². The number of ether oxygens (including phenoxy) is 1. The molecule has 4 rings (SSSR count). The molecule has 156 valence electrons. The van der Waals surface area contributed by atoms with Gasteiger partial charge in [0, 0.05) is 5.56 Å². The SMILES string of the molecule is CCC1CCC2CC(c3ccc(-c4cc(F)c(OC)c(F)c4)c(F)c3)CCC2C1. The van der Waals surface area contributed by atoms with Crippen molar-refractivity contribution in [2.45, 2.75) is 57.8 Å². The van der Waals surface area contributed by atoms with Crippen molar-refractivity contribution in [1.29, 1.82) is 0 Å². The Hall–Kier alpha value is -1.97. The molecule has 0 N–H and O–H groups in total. The van der Waals surface area contributed by atoms with Gasteiger partial charge < -0.3 is 4.74 Å². The minimum atomic E-state index is -0.827. The third kappa shape index (κ3) is 4.04. The van der Waals surface area contributed by atoms with Crippen molar-refractivity contribution >= 4 is 0 Å². The summed E-state index contributed by atoms with van der Waals surface area (Å²) in [6.45, 7) is 2.29. The largest absolute Gasteiger partial charge is 0.491 e. The second-order valence-corrected chi connectivity index (χ2v) is 8.83. The first-order valence-electron chi connectivity index (χ1n) is 10.8. The van der Waals surface area contributed by atoms with Gasteiger partial charge in [-0.15, -0.1) is 0 Å². The van der Waals surface area contributed by atoms with Crippen LogP contribution in [0, 0.1) is 35.2 Å². The molecule has 0 amide bonds. The average molecular weight is 403 g/mol. The third-order valence-electron chi connectivity index (χ3n) is 7.28. The van der Waals surface area contributed by atoms with Crippen LogP contribution >= 0.6 is 0 Å². The second kappa shape index (κ2) is 8.41. The van der Waals surface area contributed by atoms with Crippen LogP contribution in [0.4, 0.5) is 13.2 Å². The van der Waals surface area contributed by atoms with Crippen LogP contribution in [0.2, 0.25) is 0 Å². The van der Waals surface area contributed by atoms with Crippen LogP contribution in [0.25, 0.3) is 11.1 Å². The van der Waals surface area contributed by atoms with Crippen molar-refractivity contribution in [3.63, 3.8) is 0 Å². The van der Waals surface area contributed by atoms with E-state index in [4.69, 9.17) is 4.74 Å². The number of halogens is 3. The Morgan fingerprint density at radius 1 is 0.862 bits per heavy atom. The molecule has 2 fully saturated rings. The summed E-state index contributed by atoms with van der Waals surface area (Å²) in [6.07, 6.45) is 8.72. The highest BCUT2D eigenvalue weighted by atomic mass is 19.1. The maximum absolute atomic E-state index is 14.9. The normalized spacial score (nSPS) is 26.8. The topological polar surface area (TPSA) is 9.23 Å². The maximum atomic E-state index is 14.9. The van der Waals surface area contributed by atoms with Crippen LogP contribution in [-0.2, 0) is 0 Å². The molecule has 0 spiro atoms. The van der Waals surface area contributed by atoms with Crippen molar-refractivity contribution in [3.05, 3.63) is 53.3 Å². The Kier molecular flexibility index (Phi) is 5.89. The summed E-state index contributed by atoms with van der Waals surface area (Å²) in [5.74, 6) is 0.322. The predicted octanol–water partition coefficient (Wildman–Crippen LogP) is 7.49. The molecule has 0 heterocycles. The molecule has 29 heavy (non-hydrogen) atoms. The Bertz CT molecular complexity index is 855. The van der Waals surface area contributed by atoms with E-state index in [1.54, 1.807) is 12.1 Å². The molecule has 2 aromatic rings. The summed E-state index contributed by atoms with van der Waals surface area (Å²) in [5.41, 5.74) is 1.41. The molecule has 0 radical (unpaired) electrons. The van der Waals surface area contributed by atoms with E-state index in [2.05, 4.69) is 6.92 Å². The van der Waals surface area contributed by atoms with Crippen LogP contribution in [-0.4, -0.2) is 7.11 Å². The summed E-state index contributed by atoms with van der Waals surface area (Å²) in [5, 5.41) is 0. The standard InChI is InChI=1S/C25H29F3O/c1-3-15-4-5-17-11-18(7-6-16(17)10-15)19-8-9-21(22(26)12-19)20-13-23(27)25(29-2)24(28)14-20/h8-9,12-18H,3-7,10-11H2,1-2H3. The van der Waals surface area contributed by atoms with Crippen LogP contribution in [0.3, 0.4) is 0 Å². The quantitative estimate of drug-likeness (QED) is 0.515. The lowest BCUT2D eigenvalue weighted by Crippen LogP contribution is -2.30. The Balaban J connectivity index is 1.53. The predicted molar refractivity (Wildman–Crippen MR) is 110 cm³/mol. The first-order chi connectivity index (χ1) is 14.0. The van der Waals surface area contributed by atoms with Gasteiger partial charge in [-0.3, -0.25) is 0 Å². The monoisotopic (exact) mass is 402 g/mol. The number of benzene rings is 2. The van der Waals surface area contributed by atoms with E-state index in [9.17, 15) is 13.2 Å². The van der Waals surface area contributed by atoms with E-state index in [-0.39, 0.29) is 11.1 Å². The number of rotatable bonds is 4. The van der Waals surface area contributed by atoms with Crippen LogP contribution in [0.1, 0.15) is 63.4 Å². The lowest BCUT2D eigenvalue weighted by Gasteiger charge is -2.42. The molecule has 4 heteroatoms. The number of methoxy groups -OCH3 is 1. The molecule has 0 aliphatic heterocycles. The fourth-order valence-electron chi connectivity index (χ4n) is 5.59. The van der Waals surface area contributed by atoms with Gasteiger partial charge in [0.25, 0.3) is 0 Å². The molecule has 2 aliphatic carbocycles. The van der Waals surface area contributed by atoms with Gasteiger partial charge in [0.15, 0.2) is 17.4 Å². The van der Waals surface area contributed by atoms with Gasteiger partial charge in [-0.25, -0.2) is 13.2 Å². The van der Waals surface area contributed by atoms with Crippen molar-refractivity contribution in [2.75, 3.05) is 7.11 Å². The number of fused-ring (bicyclic) bond motifs is 1. The van der Waals surface area contributed by atoms with E-state index in [1.807, 2.05) is 6.07 Å². The maximum Gasteiger partial charge on any atom is 0.190 e. The summed E-state index contributed by atoms with van der Waals surface area (Å²) >= 11 is 0. The van der Waals surface area contributed by atoms with Crippen LogP contribution in [0.5, 0.6) is 5.75 Å². The Morgan fingerprint density at radius 2 is 1.55 bits per heavy atom. The molecule has 2 aliphatic rings. The van der Waals surface area contributed by atoms with E-state index >= 15 is 0 Å². The lowest BCUT2D eigenvalue weighted by atomic mass is 9.63. The van der Waals surface area contributed by atoms with E-state index in [0.29, 0.717) is 5.92 Å². The van der Waals surface area contributed by atoms with Gasteiger partial charge in [-0.1, -0.05) is 31.9 Å². The smallest absolute Gasteiger partial charge is 0.190 e. The molecule has 2 aromatic carbocycles. The molecule has 2 saturated carbocycles. The summed E-state index contributed by atoms with van der Waals surface area (Å²) in [6, 6.07) is 7.40. The average Bonchev–Trinajstić information content (AvgIpc) is 2.72. The van der Waals surface area contributed by atoms with Crippen molar-refractivity contribution in [3.8, 4) is 16.9 Å². The number of hydrogen-bond acceptors (Lipinski definition) is 1. The zero-order valence-electron chi connectivity index (χ0n) is 17.2. The fourth-order valence-corrected chi connectivity index (χ4v) is 5.59. The first kappa shape index (κ1) is 20.3. The molecule has 1 nitrogen and oxygen atoms in total. The van der Waals surface area contributed by atoms with Crippen LogP contribution in [0.15, 0.2) is 30.3 Å². The highest BCUT2D eigenvalue weighted by Gasteiger charge is 2.35. The number of hydrogen-bond donors (Lipinski definition) is 0. The summed E-state index contributed by atoms with van der Waals surface area (Å²) in [7, 11) is 1.21. The molecule has 0 saturated heterocycles. The van der Waals surface area contributed by atoms with Crippen molar-refractivity contribution < 1.29 is 17.9 Å². The minimum Gasteiger partial charge on any atom is -0.491 e. The van der Waals surface area contributed by atoms with Gasteiger partial charge in [-0.2, -0.15) is 0 Å². The molecule has 4 atom stereocenters. The first-order valence-corrected chi connectivity index (χ1v) is 10.8. The van der Waals surface area contributed by atoms with E-state index < -0.39 is 23.2 Å². The zero-order chi connectivity index (χ0) is 20.5. The van der Waals surface area contributed by atoms with Gasteiger partial charge in [0.1, 0.15) is 5.82 Å². The summed E-state index contributed by atoms with van der Waals surface area (Å²) in [4.78, 5) is 0. The summed E-state index contributed by atoms with van der Waals surface area (Å²) < 4.78 is 47.6. The minimum absolute atomic E-state index is 0.187. The lowest BCUT2D eigenvalue weighted by molar-refractivity contribution is 0.116. The molecule has 0 aromatic heterocycles. The highest BCUT2D eigenvalue weighted by molar-refractivity contribution is 5.66. The fraction of sp³-hybridized carbons (Fsp3) is 0.520. The zero-order valence-corrected chi connectivity index (χ0v) is 17.2. The third-order valence-corrected chi connectivity index (χ3v) is 7.28. The molecular weight excluding hydrogens is 373 g/mol.